The molecule has 4 nitrogen and oxygen atoms in total. The second-order valence-corrected chi connectivity index (χ2v) is 2.80. The summed E-state index contributed by atoms with van der Waals surface area (Å²) in [4.78, 5) is 14.4. The average Bonchev–Trinajstić information content (AvgIpc) is 2.16. The van der Waals surface area contributed by atoms with Crippen molar-refractivity contribution in [3.8, 4) is 5.75 Å². The molecule has 0 atom stereocenters. The zero-order chi connectivity index (χ0) is 12.3. The minimum absolute atomic E-state index is 0.0854. The number of alkyl halides is 3. The fourth-order valence-corrected chi connectivity index (χ4v) is 1.08. The second kappa shape index (κ2) is 4.38. The number of hydrogen-bond acceptors (Lipinski definition) is 4. The number of esters is 1. The molecule has 1 heterocycles. The molecule has 0 aromatic carbocycles. The summed E-state index contributed by atoms with van der Waals surface area (Å²) in [5.74, 6) is -2.08. The number of pyridine rings is 1. The van der Waals surface area contributed by atoms with Crippen molar-refractivity contribution in [2.45, 2.75) is 13.1 Å². The fraction of sp³-hybridized carbons (Fsp3) is 0.333. The molecule has 0 aliphatic carbocycles. The predicted octanol–water partition coefficient (Wildman–Crippen LogP) is 1.98. The molecule has 0 aliphatic rings. The average molecular weight is 235 g/mol. The van der Waals surface area contributed by atoms with Gasteiger partial charge in [-0.3, -0.25) is 4.98 Å². The number of hydrogen-bond donors (Lipinski definition) is 1. The van der Waals surface area contributed by atoms with Crippen molar-refractivity contribution < 1.29 is 27.8 Å². The molecule has 0 saturated heterocycles. The van der Waals surface area contributed by atoms with Crippen molar-refractivity contribution in [2.24, 2.45) is 0 Å². The first-order valence-electron chi connectivity index (χ1n) is 4.29. The van der Waals surface area contributed by atoms with Gasteiger partial charge in [0.15, 0.2) is 0 Å². The van der Waals surface area contributed by atoms with E-state index in [2.05, 4.69) is 9.72 Å². The van der Waals surface area contributed by atoms with Crippen molar-refractivity contribution in [3.63, 3.8) is 0 Å². The van der Waals surface area contributed by atoms with Crippen LogP contribution in [0.4, 0.5) is 13.2 Å². The van der Waals surface area contributed by atoms with Gasteiger partial charge in [0.05, 0.1) is 18.4 Å². The summed E-state index contributed by atoms with van der Waals surface area (Å²) in [6.07, 6.45) is -3.55. The highest BCUT2D eigenvalue weighted by molar-refractivity contribution is 5.94. The molecule has 0 saturated carbocycles. The molecule has 1 N–H and O–H groups in total. The van der Waals surface area contributed by atoms with E-state index in [4.69, 9.17) is 0 Å². The molecule has 16 heavy (non-hydrogen) atoms. The summed E-state index contributed by atoms with van der Waals surface area (Å²) >= 11 is 0. The number of halogens is 3. The molecular formula is C9H8F3NO3. The number of carbonyl (C=O) groups is 1. The maximum Gasteiger partial charge on any atom is 0.418 e. The van der Waals surface area contributed by atoms with Crippen LogP contribution in [0, 0.1) is 0 Å². The van der Waals surface area contributed by atoms with E-state index in [1.807, 2.05) is 0 Å². The first-order valence-corrected chi connectivity index (χ1v) is 4.29. The van der Waals surface area contributed by atoms with Gasteiger partial charge in [0.25, 0.3) is 0 Å². The van der Waals surface area contributed by atoms with Gasteiger partial charge in [-0.25, -0.2) is 4.79 Å². The van der Waals surface area contributed by atoms with E-state index >= 15 is 0 Å². The normalized spacial score (nSPS) is 11.2. The van der Waals surface area contributed by atoms with Gasteiger partial charge in [0.2, 0.25) is 0 Å². The molecule has 7 heteroatoms. The molecule has 0 unspecified atom stereocenters. The predicted molar refractivity (Wildman–Crippen MR) is 46.9 cm³/mol. The molecule has 1 aromatic heterocycles. The van der Waals surface area contributed by atoms with Crippen LogP contribution >= 0.6 is 0 Å². The van der Waals surface area contributed by atoms with Crippen LogP contribution in [0.25, 0.3) is 0 Å². The number of ether oxygens (including phenoxy) is 1. The first-order chi connectivity index (χ1) is 7.38. The van der Waals surface area contributed by atoms with Gasteiger partial charge in [0, 0.05) is 6.20 Å². The first kappa shape index (κ1) is 12.3. The zero-order valence-electron chi connectivity index (χ0n) is 8.21. The molecule has 0 bridgehead atoms. The van der Waals surface area contributed by atoms with Crippen molar-refractivity contribution in [2.75, 3.05) is 6.61 Å². The van der Waals surface area contributed by atoms with Crippen molar-refractivity contribution in [1.29, 1.82) is 0 Å². The minimum atomic E-state index is -4.77. The van der Waals surface area contributed by atoms with Gasteiger partial charge < -0.3 is 9.84 Å². The van der Waals surface area contributed by atoms with Gasteiger partial charge in [-0.05, 0) is 6.92 Å². The minimum Gasteiger partial charge on any atom is -0.505 e. The molecule has 0 amide bonds. The van der Waals surface area contributed by atoms with Gasteiger partial charge >= 0.3 is 12.1 Å². The van der Waals surface area contributed by atoms with Crippen molar-refractivity contribution in [1.82, 2.24) is 4.98 Å². The third-order valence-corrected chi connectivity index (χ3v) is 1.71. The van der Waals surface area contributed by atoms with E-state index in [-0.39, 0.29) is 6.61 Å². The van der Waals surface area contributed by atoms with E-state index in [1.165, 1.54) is 6.92 Å². The highest BCUT2D eigenvalue weighted by Gasteiger charge is 2.37. The van der Waals surface area contributed by atoms with Crippen LogP contribution in [0.15, 0.2) is 12.4 Å². The Kier molecular flexibility index (Phi) is 3.36. The quantitative estimate of drug-likeness (QED) is 0.796. The lowest BCUT2D eigenvalue weighted by molar-refractivity contribution is -0.138. The lowest BCUT2D eigenvalue weighted by atomic mass is 10.1. The monoisotopic (exact) mass is 235 g/mol. The van der Waals surface area contributed by atoms with Crippen molar-refractivity contribution in [3.05, 3.63) is 23.5 Å². The Morgan fingerprint density at radius 2 is 2.12 bits per heavy atom. The van der Waals surface area contributed by atoms with Gasteiger partial charge in [-0.15, -0.1) is 0 Å². The van der Waals surface area contributed by atoms with E-state index in [1.54, 1.807) is 0 Å². The summed E-state index contributed by atoms with van der Waals surface area (Å²) in [5, 5.41) is 9.19. The standard InChI is InChI=1S/C9H8F3NO3/c1-2-16-8(15)7-5(9(10,11)12)3-13-4-6(7)14/h3-4,14H,2H2,1H3. The SMILES string of the molecule is CCOC(=O)c1c(O)cncc1C(F)(F)F. The summed E-state index contributed by atoms with van der Waals surface area (Å²) in [6, 6.07) is 0. The fourth-order valence-electron chi connectivity index (χ4n) is 1.08. The lowest BCUT2D eigenvalue weighted by Gasteiger charge is -2.12. The van der Waals surface area contributed by atoms with Crippen LogP contribution in [0.1, 0.15) is 22.8 Å². The Balaban J connectivity index is 3.30. The second-order valence-electron chi connectivity index (χ2n) is 2.80. The van der Waals surface area contributed by atoms with Crippen LogP contribution in [-0.2, 0) is 10.9 Å². The molecule has 0 spiro atoms. The molecule has 1 rings (SSSR count). The third-order valence-electron chi connectivity index (χ3n) is 1.71. The smallest absolute Gasteiger partial charge is 0.418 e. The topological polar surface area (TPSA) is 59.4 Å². The maximum absolute atomic E-state index is 12.5. The number of carbonyl (C=O) groups excluding carboxylic acids is 1. The van der Waals surface area contributed by atoms with Gasteiger partial charge in [-0.1, -0.05) is 0 Å². The number of aromatic nitrogens is 1. The highest BCUT2D eigenvalue weighted by atomic mass is 19.4. The summed E-state index contributed by atoms with van der Waals surface area (Å²) < 4.78 is 41.8. The Hall–Kier alpha value is -1.79. The zero-order valence-corrected chi connectivity index (χ0v) is 8.21. The summed E-state index contributed by atoms with van der Waals surface area (Å²) in [6.45, 7) is 1.36. The molecule has 88 valence electrons. The third kappa shape index (κ3) is 2.41. The summed E-state index contributed by atoms with van der Waals surface area (Å²) in [7, 11) is 0. The van der Waals surface area contributed by atoms with Crippen LogP contribution in [0.2, 0.25) is 0 Å². The highest BCUT2D eigenvalue weighted by Crippen LogP contribution is 2.35. The van der Waals surface area contributed by atoms with Crippen LogP contribution < -0.4 is 0 Å². The van der Waals surface area contributed by atoms with Gasteiger partial charge in [0.1, 0.15) is 11.3 Å². The largest absolute Gasteiger partial charge is 0.505 e. The van der Waals surface area contributed by atoms with E-state index in [0.29, 0.717) is 6.20 Å². The number of aromatic hydroxyl groups is 1. The molecule has 1 aromatic rings. The van der Waals surface area contributed by atoms with Gasteiger partial charge in [-0.2, -0.15) is 13.2 Å². The van der Waals surface area contributed by atoms with Crippen LogP contribution in [-0.4, -0.2) is 22.7 Å². The Bertz CT molecular complexity index is 403. The molecule has 0 radical (unpaired) electrons. The Morgan fingerprint density at radius 3 is 2.62 bits per heavy atom. The Morgan fingerprint density at radius 1 is 1.50 bits per heavy atom. The molecule has 0 fully saturated rings. The van der Waals surface area contributed by atoms with Crippen molar-refractivity contribution >= 4 is 5.97 Å². The van der Waals surface area contributed by atoms with Crippen LogP contribution in [0.3, 0.4) is 0 Å². The van der Waals surface area contributed by atoms with E-state index in [0.717, 1.165) is 6.20 Å². The van der Waals surface area contributed by atoms with E-state index < -0.39 is 29.0 Å². The Labute approximate surface area is 88.7 Å². The number of rotatable bonds is 2. The maximum atomic E-state index is 12.5. The van der Waals surface area contributed by atoms with Crippen LogP contribution in [0.5, 0.6) is 5.75 Å². The summed E-state index contributed by atoms with van der Waals surface area (Å²) in [5.41, 5.74) is -2.23. The molecular weight excluding hydrogens is 227 g/mol. The van der Waals surface area contributed by atoms with E-state index in [9.17, 15) is 23.1 Å². The number of nitrogens with zero attached hydrogens (tertiary/aromatic N) is 1. The molecule has 0 aliphatic heterocycles. The lowest BCUT2D eigenvalue weighted by Crippen LogP contribution is -2.15.